The summed E-state index contributed by atoms with van der Waals surface area (Å²) in [5.74, 6) is 0.244. The molecule has 1 fully saturated rings. The number of hydrogen-bond acceptors (Lipinski definition) is 3. The molecule has 1 aliphatic heterocycles. The van der Waals surface area contributed by atoms with Crippen LogP contribution in [0.25, 0.3) is 0 Å². The minimum absolute atomic E-state index is 0.244. The van der Waals surface area contributed by atoms with E-state index >= 15 is 0 Å². The Hall–Kier alpha value is -1.81. The third-order valence-electron chi connectivity index (χ3n) is 5.14. The van der Waals surface area contributed by atoms with E-state index in [1.165, 1.54) is 23.3 Å². The maximum atomic E-state index is 13.0. The first kappa shape index (κ1) is 15.7. The van der Waals surface area contributed by atoms with Gasteiger partial charge in [0.2, 0.25) is 0 Å². The number of fused-ring (bicyclic) bond motifs is 1. The molecular weight excluding hydrogens is 316 g/mol. The number of aryl methyl sites for hydroxylation is 1. The number of anilines is 1. The van der Waals surface area contributed by atoms with Crippen molar-refractivity contribution in [2.45, 2.75) is 44.6 Å². The lowest BCUT2D eigenvalue weighted by Crippen LogP contribution is -2.45. The number of rotatable bonds is 3. The zero-order chi connectivity index (χ0) is 16.4. The highest BCUT2D eigenvalue weighted by atomic mass is 32.1. The van der Waals surface area contributed by atoms with Gasteiger partial charge in [-0.3, -0.25) is 4.79 Å². The molecule has 4 heteroatoms. The van der Waals surface area contributed by atoms with Gasteiger partial charge >= 0.3 is 0 Å². The van der Waals surface area contributed by atoms with E-state index in [2.05, 4.69) is 27.7 Å². The van der Waals surface area contributed by atoms with Gasteiger partial charge < -0.3 is 10.2 Å². The van der Waals surface area contributed by atoms with Crippen LogP contribution in [0.2, 0.25) is 0 Å². The molecule has 1 amide bonds. The van der Waals surface area contributed by atoms with Crippen molar-refractivity contribution in [1.82, 2.24) is 4.90 Å². The summed E-state index contributed by atoms with van der Waals surface area (Å²) < 4.78 is 0. The molecule has 2 heterocycles. The highest BCUT2D eigenvalue weighted by Gasteiger charge is 2.28. The maximum absolute atomic E-state index is 13.0. The SMILES string of the molecule is O=C(c1csc2c1CCCC2)N1CCC[C@H](Nc2ccccc2)C1. The third kappa shape index (κ3) is 3.20. The smallest absolute Gasteiger partial charge is 0.255 e. The zero-order valence-electron chi connectivity index (χ0n) is 14.0. The molecule has 1 aliphatic carbocycles. The summed E-state index contributed by atoms with van der Waals surface area (Å²) in [7, 11) is 0. The number of amides is 1. The lowest BCUT2D eigenvalue weighted by molar-refractivity contribution is 0.0714. The number of piperidine rings is 1. The van der Waals surface area contributed by atoms with Crippen LogP contribution in [0.3, 0.4) is 0 Å². The number of carbonyl (C=O) groups excluding carboxylic acids is 1. The van der Waals surface area contributed by atoms with Crippen LogP contribution < -0.4 is 5.32 Å². The van der Waals surface area contributed by atoms with Gasteiger partial charge in [-0.05, 0) is 56.2 Å². The molecule has 2 aromatic rings. The fourth-order valence-electron chi connectivity index (χ4n) is 3.89. The zero-order valence-corrected chi connectivity index (χ0v) is 14.8. The molecule has 0 spiro atoms. The van der Waals surface area contributed by atoms with Gasteiger partial charge in [0.15, 0.2) is 0 Å². The van der Waals surface area contributed by atoms with E-state index in [1.54, 1.807) is 11.3 Å². The van der Waals surface area contributed by atoms with Gasteiger partial charge in [-0.15, -0.1) is 11.3 Å². The van der Waals surface area contributed by atoms with Crippen molar-refractivity contribution < 1.29 is 4.79 Å². The van der Waals surface area contributed by atoms with E-state index in [1.807, 2.05) is 18.2 Å². The van der Waals surface area contributed by atoms with Crippen molar-refractivity contribution in [1.29, 1.82) is 0 Å². The van der Waals surface area contributed by atoms with Gasteiger partial charge in [-0.2, -0.15) is 0 Å². The van der Waals surface area contributed by atoms with Gasteiger partial charge in [-0.25, -0.2) is 0 Å². The van der Waals surface area contributed by atoms with Crippen LogP contribution in [0, 0.1) is 0 Å². The van der Waals surface area contributed by atoms with Gasteiger partial charge in [0.25, 0.3) is 5.91 Å². The summed E-state index contributed by atoms with van der Waals surface area (Å²) in [6, 6.07) is 10.7. The number of para-hydroxylation sites is 1. The molecule has 3 nitrogen and oxygen atoms in total. The largest absolute Gasteiger partial charge is 0.381 e. The highest BCUT2D eigenvalue weighted by molar-refractivity contribution is 7.10. The number of nitrogens with one attached hydrogen (secondary N) is 1. The molecule has 4 rings (SSSR count). The van der Waals surface area contributed by atoms with Gasteiger partial charge in [-0.1, -0.05) is 18.2 Å². The van der Waals surface area contributed by atoms with Crippen LogP contribution >= 0.6 is 11.3 Å². The van der Waals surface area contributed by atoms with Crippen LogP contribution in [0.4, 0.5) is 5.69 Å². The number of carbonyl (C=O) groups is 1. The molecule has 0 bridgehead atoms. The van der Waals surface area contributed by atoms with Crippen molar-refractivity contribution in [2.75, 3.05) is 18.4 Å². The van der Waals surface area contributed by atoms with Crippen LogP contribution in [-0.4, -0.2) is 29.9 Å². The molecular formula is C20H24N2OS. The summed E-state index contributed by atoms with van der Waals surface area (Å²) in [6.45, 7) is 1.69. The molecule has 1 saturated heterocycles. The Morgan fingerprint density at radius 3 is 2.83 bits per heavy atom. The van der Waals surface area contributed by atoms with Crippen LogP contribution in [0.5, 0.6) is 0 Å². The second-order valence-electron chi connectivity index (χ2n) is 6.86. The van der Waals surface area contributed by atoms with E-state index in [9.17, 15) is 4.79 Å². The molecule has 1 aromatic heterocycles. The monoisotopic (exact) mass is 340 g/mol. The fourth-order valence-corrected chi connectivity index (χ4v) is 5.01. The van der Waals surface area contributed by atoms with Crippen LogP contribution in [0.15, 0.2) is 35.7 Å². The van der Waals surface area contributed by atoms with E-state index in [-0.39, 0.29) is 5.91 Å². The predicted octanol–water partition coefficient (Wildman–Crippen LogP) is 4.34. The molecule has 0 radical (unpaired) electrons. The number of thiophene rings is 1. The first-order valence-electron chi connectivity index (χ1n) is 9.01. The highest BCUT2D eigenvalue weighted by Crippen LogP contribution is 2.31. The molecule has 2 aliphatic rings. The van der Waals surface area contributed by atoms with Crippen molar-refractivity contribution in [3.05, 3.63) is 51.7 Å². The van der Waals surface area contributed by atoms with Gasteiger partial charge in [0.1, 0.15) is 0 Å². The topological polar surface area (TPSA) is 32.3 Å². The Bertz CT molecular complexity index is 710. The van der Waals surface area contributed by atoms with Gasteiger partial charge in [0.05, 0.1) is 5.56 Å². The summed E-state index contributed by atoms with van der Waals surface area (Å²) >= 11 is 1.78. The van der Waals surface area contributed by atoms with Gasteiger partial charge in [0, 0.05) is 35.1 Å². The van der Waals surface area contributed by atoms with Crippen molar-refractivity contribution in [3.8, 4) is 0 Å². The third-order valence-corrected chi connectivity index (χ3v) is 6.23. The van der Waals surface area contributed by atoms with Crippen molar-refractivity contribution in [3.63, 3.8) is 0 Å². The Balaban J connectivity index is 1.46. The molecule has 126 valence electrons. The Morgan fingerprint density at radius 2 is 1.96 bits per heavy atom. The standard InChI is InChI=1S/C20H24N2OS/c23-20(18-14-24-19-11-5-4-10-17(18)19)22-12-6-9-16(13-22)21-15-7-2-1-3-8-15/h1-3,7-8,14,16,21H,4-6,9-13H2/t16-/m0/s1. The number of likely N-dealkylation sites (tertiary alicyclic amines) is 1. The Morgan fingerprint density at radius 1 is 1.12 bits per heavy atom. The lowest BCUT2D eigenvalue weighted by Gasteiger charge is -2.34. The average molecular weight is 340 g/mol. The molecule has 1 aromatic carbocycles. The molecule has 1 N–H and O–H groups in total. The predicted molar refractivity (Wildman–Crippen MR) is 100.0 cm³/mol. The normalized spacial score (nSPS) is 20.5. The summed E-state index contributed by atoms with van der Waals surface area (Å²) in [5.41, 5.74) is 3.47. The molecule has 1 atom stereocenters. The Kier molecular flexibility index (Phi) is 4.56. The number of benzene rings is 1. The van der Waals surface area contributed by atoms with Crippen LogP contribution in [-0.2, 0) is 12.8 Å². The Labute approximate surface area is 147 Å². The minimum Gasteiger partial charge on any atom is -0.381 e. The first-order valence-corrected chi connectivity index (χ1v) is 9.89. The lowest BCUT2D eigenvalue weighted by atomic mass is 9.95. The van der Waals surface area contributed by atoms with E-state index in [4.69, 9.17) is 0 Å². The average Bonchev–Trinajstić information content (AvgIpc) is 3.06. The maximum Gasteiger partial charge on any atom is 0.255 e. The van der Waals surface area contributed by atoms with E-state index < -0.39 is 0 Å². The molecule has 24 heavy (non-hydrogen) atoms. The van der Waals surface area contributed by atoms with E-state index in [0.717, 1.165) is 50.0 Å². The molecule has 0 unspecified atom stereocenters. The summed E-state index contributed by atoms with van der Waals surface area (Å²) in [4.78, 5) is 16.5. The first-order chi connectivity index (χ1) is 11.8. The second-order valence-corrected chi connectivity index (χ2v) is 7.82. The summed E-state index contributed by atoms with van der Waals surface area (Å²) in [6.07, 6.45) is 6.93. The fraction of sp³-hybridized carbons (Fsp3) is 0.450. The molecule has 0 saturated carbocycles. The summed E-state index contributed by atoms with van der Waals surface area (Å²) in [5, 5.41) is 5.69. The van der Waals surface area contributed by atoms with Crippen LogP contribution in [0.1, 0.15) is 46.5 Å². The van der Waals surface area contributed by atoms with Crippen molar-refractivity contribution >= 4 is 22.9 Å². The quantitative estimate of drug-likeness (QED) is 0.901. The minimum atomic E-state index is 0.244. The van der Waals surface area contributed by atoms with E-state index in [0.29, 0.717) is 6.04 Å². The number of hydrogen-bond donors (Lipinski definition) is 1. The van der Waals surface area contributed by atoms with Crippen molar-refractivity contribution in [2.24, 2.45) is 0 Å². The number of nitrogens with zero attached hydrogens (tertiary/aromatic N) is 1. The second kappa shape index (κ2) is 6.98.